The third-order valence-corrected chi connectivity index (χ3v) is 5.24. The first-order valence-corrected chi connectivity index (χ1v) is 8.49. The van der Waals surface area contributed by atoms with Crippen molar-refractivity contribution < 1.29 is 4.39 Å². The van der Waals surface area contributed by atoms with Gasteiger partial charge in [0.05, 0.1) is 0 Å². The van der Waals surface area contributed by atoms with Crippen LogP contribution in [0, 0.1) is 30.5 Å². The fraction of sp³-hybridized carbons (Fsp3) is 0.684. The Morgan fingerprint density at radius 1 is 1.29 bits per heavy atom. The van der Waals surface area contributed by atoms with Gasteiger partial charge < -0.3 is 5.32 Å². The van der Waals surface area contributed by atoms with Crippen LogP contribution >= 0.6 is 0 Å². The van der Waals surface area contributed by atoms with E-state index in [0.29, 0.717) is 11.8 Å². The van der Waals surface area contributed by atoms with Gasteiger partial charge in [0.2, 0.25) is 0 Å². The molecule has 1 aromatic carbocycles. The molecule has 0 aromatic heterocycles. The molecule has 1 aliphatic carbocycles. The molecule has 1 aliphatic rings. The SMILES string of the molecule is CCNCC1CCC(C(C)C)CC1c1ccc(F)c(C)c1. The number of nitrogens with one attached hydrogen (secondary N) is 1. The molecule has 21 heavy (non-hydrogen) atoms. The van der Waals surface area contributed by atoms with E-state index in [1.165, 1.54) is 24.8 Å². The largest absolute Gasteiger partial charge is 0.317 e. The summed E-state index contributed by atoms with van der Waals surface area (Å²) < 4.78 is 13.6. The van der Waals surface area contributed by atoms with Gasteiger partial charge in [0, 0.05) is 0 Å². The van der Waals surface area contributed by atoms with Crippen molar-refractivity contribution in [2.75, 3.05) is 13.1 Å². The summed E-state index contributed by atoms with van der Waals surface area (Å²) in [5, 5.41) is 3.51. The van der Waals surface area contributed by atoms with Crippen molar-refractivity contribution in [3.63, 3.8) is 0 Å². The summed E-state index contributed by atoms with van der Waals surface area (Å²) in [4.78, 5) is 0. The fourth-order valence-corrected chi connectivity index (χ4v) is 3.75. The summed E-state index contributed by atoms with van der Waals surface area (Å²) in [6.45, 7) is 10.8. The smallest absolute Gasteiger partial charge is 0.126 e. The van der Waals surface area contributed by atoms with Crippen LogP contribution in [0.2, 0.25) is 0 Å². The molecule has 1 aromatic rings. The molecule has 0 radical (unpaired) electrons. The quantitative estimate of drug-likeness (QED) is 0.813. The molecule has 0 heterocycles. The third kappa shape index (κ3) is 4.06. The maximum atomic E-state index is 13.6. The summed E-state index contributed by atoms with van der Waals surface area (Å²) >= 11 is 0. The Hall–Kier alpha value is -0.890. The molecule has 1 fully saturated rings. The molecule has 1 N–H and O–H groups in total. The summed E-state index contributed by atoms with van der Waals surface area (Å²) in [6.07, 6.45) is 3.88. The van der Waals surface area contributed by atoms with Crippen LogP contribution in [-0.2, 0) is 0 Å². The standard InChI is InChI=1S/C19H30FN/c1-5-21-12-17-7-6-15(13(2)3)11-18(17)16-8-9-19(20)14(4)10-16/h8-10,13,15,17-18,21H,5-7,11-12H2,1-4H3. The first kappa shape index (κ1) is 16.5. The second-order valence-electron chi connectivity index (χ2n) is 7.00. The van der Waals surface area contributed by atoms with Crippen molar-refractivity contribution in [2.24, 2.45) is 17.8 Å². The molecule has 1 saturated carbocycles. The molecule has 0 spiro atoms. The van der Waals surface area contributed by atoms with Crippen molar-refractivity contribution >= 4 is 0 Å². The lowest BCUT2D eigenvalue weighted by Gasteiger charge is -2.38. The minimum Gasteiger partial charge on any atom is -0.317 e. The number of rotatable bonds is 5. The molecule has 118 valence electrons. The van der Waals surface area contributed by atoms with Crippen molar-refractivity contribution in [2.45, 2.75) is 52.9 Å². The lowest BCUT2D eigenvalue weighted by molar-refractivity contribution is 0.191. The molecule has 0 aliphatic heterocycles. The van der Waals surface area contributed by atoms with E-state index in [2.05, 4.69) is 32.2 Å². The number of hydrogen-bond donors (Lipinski definition) is 1. The average molecular weight is 291 g/mol. The van der Waals surface area contributed by atoms with Crippen LogP contribution in [0.25, 0.3) is 0 Å². The third-order valence-electron chi connectivity index (χ3n) is 5.24. The lowest BCUT2D eigenvalue weighted by Crippen LogP contribution is -2.33. The van der Waals surface area contributed by atoms with Gasteiger partial charge in [-0.1, -0.05) is 32.9 Å². The summed E-state index contributed by atoms with van der Waals surface area (Å²) in [6, 6.07) is 5.73. The summed E-state index contributed by atoms with van der Waals surface area (Å²) in [7, 11) is 0. The van der Waals surface area contributed by atoms with Gasteiger partial charge in [-0.3, -0.25) is 0 Å². The Morgan fingerprint density at radius 3 is 2.67 bits per heavy atom. The Bertz CT molecular complexity index is 455. The zero-order valence-electron chi connectivity index (χ0n) is 14.0. The van der Waals surface area contributed by atoms with Crippen LogP contribution in [-0.4, -0.2) is 13.1 Å². The zero-order valence-corrected chi connectivity index (χ0v) is 14.0. The van der Waals surface area contributed by atoms with E-state index in [-0.39, 0.29) is 5.82 Å². The van der Waals surface area contributed by atoms with Crippen molar-refractivity contribution in [1.82, 2.24) is 5.32 Å². The van der Waals surface area contributed by atoms with Crippen LogP contribution in [0.15, 0.2) is 18.2 Å². The molecule has 0 amide bonds. The highest BCUT2D eigenvalue weighted by molar-refractivity contribution is 5.28. The van der Waals surface area contributed by atoms with Crippen molar-refractivity contribution in [3.05, 3.63) is 35.1 Å². The molecule has 0 bridgehead atoms. The number of aryl methyl sites for hydroxylation is 1. The molecule has 2 heteroatoms. The molecule has 0 saturated heterocycles. The first-order valence-electron chi connectivity index (χ1n) is 8.49. The first-order chi connectivity index (χ1) is 10.0. The minimum absolute atomic E-state index is 0.0850. The molecular weight excluding hydrogens is 261 g/mol. The van der Waals surface area contributed by atoms with Gasteiger partial charge in [0.25, 0.3) is 0 Å². The van der Waals surface area contributed by atoms with E-state index in [1.807, 2.05) is 13.0 Å². The Morgan fingerprint density at radius 2 is 2.05 bits per heavy atom. The highest BCUT2D eigenvalue weighted by Gasteiger charge is 2.32. The molecular formula is C19H30FN. The predicted molar refractivity (Wildman–Crippen MR) is 88.1 cm³/mol. The number of halogens is 1. The van der Waals surface area contributed by atoms with E-state index in [4.69, 9.17) is 0 Å². The highest BCUT2D eigenvalue weighted by Crippen LogP contribution is 2.43. The van der Waals surface area contributed by atoms with Crippen LogP contribution in [0.4, 0.5) is 4.39 Å². The van der Waals surface area contributed by atoms with Crippen molar-refractivity contribution in [1.29, 1.82) is 0 Å². The maximum absolute atomic E-state index is 13.6. The molecule has 2 rings (SSSR count). The van der Waals surface area contributed by atoms with Crippen LogP contribution in [0.1, 0.15) is 57.1 Å². The average Bonchev–Trinajstić information content (AvgIpc) is 2.47. The molecule has 3 unspecified atom stereocenters. The van der Waals surface area contributed by atoms with E-state index in [9.17, 15) is 4.39 Å². The second-order valence-corrected chi connectivity index (χ2v) is 7.00. The Balaban J connectivity index is 2.20. The van der Waals surface area contributed by atoms with Gasteiger partial charge in [0.1, 0.15) is 5.82 Å². The van der Waals surface area contributed by atoms with E-state index >= 15 is 0 Å². The van der Waals surface area contributed by atoms with Gasteiger partial charge in [-0.2, -0.15) is 0 Å². The van der Waals surface area contributed by atoms with Crippen molar-refractivity contribution in [3.8, 4) is 0 Å². The second kappa shape index (κ2) is 7.40. The normalized spacial score (nSPS) is 26.3. The zero-order chi connectivity index (χ0) is 15.4. The highest BCUT2D eigenvalue weighted by atomic mass is 19.1. The minimum atomic E-state index is -0.0850. The lowest BCUT2D eigenvalue weighted by atomic mass is 9.68. The topological polar surface area (TPSA) is 12.0 Å². The maximum Gasteiger partial charge on any atom is 0.126 e. The van der Waals surface area contributed by atoms with Gasteiger partial charge in [-0.05, 0) is 80.1 Å². The van der Waals surface area contributed by atoms with E-state index in [0.717, 1.165) is 30.5 Å². The van der Waals surface area contributed by atoms with Gasteiger partial charge >= 0.3 is 0 Å². The van der Waals surface area contributed by atoms with Crippen LogP contribution in [0.5, 0.6) is 0 Å². The van der Waals surface area contributed by atoms with Gasteiger partial charge in [-0.15, -0.1) is 0 Å². The Labute approximate surface area is 129 Å². The predicted octanol–water partition coefficient (Wildman–Crippen LogP) is 4.90. The van der Waals surface area contributed by atoms with E-state index in [1.54, 1.807) is 6.07 Å². The molecule has 3 atom stereocenters. The van der Waals surface area contributed by atoms with E-state index < -0.39 is 0 Å². The summed E-state index contributed by atoms with van der Waals surface area (Å²) in [5.41, 5.74) is 2.11. The van der Waals surface area contributed by atoms with Gasteiger partial charge in [0.15, 0.2) is 0 Å². The monoisotopic (exact) mass is 291 g/mol. The Kier molecular flexibility index (Phi) is 5.80. The summed E-state index contributed by atoms with van der Waals surface area (Å²) in [5.74, 6) is 2.72. The molecule has 1 nitrogen and oxygen atoms in total. The van der Waals surface area contributed by atoms with Gasteiger partial charge in [-0.25, -0.2) is 4.39 Å². The fourth-order valence-electron chi connectivity index (χ4n) is 3.75. The van der Waals surface area contributed by atoms with Crippen LogP contribution < -0.4 is 5.32 Å². The number of hydrogen-bond acceptors (Lipinski definition) is 1. The number of benzene rings is 1. The van der Waals surface area contributed by atoms with Crippen LogP contribution in [0.3, 0.4) is 0 Å².